The molecule has 0 saturated carbocycles. The molecule has 0 fully saturated rings. The highest BCUT2D eigenvalue weighted by atomic mass is 35.5. The van der Waals surface area contributed by atoms with E-state index in [1.807, 2.05) is 31.2 Å². The van der Waals surface area contributed by atoms with Crippen LogP contribution < -0.4 is 10.5 Å². The molecule has 1 amide bonds. The number of nitrogens with two attached hydrogens (primary N) is 1. The third-order valence-corrected chi connectivity index (χ3v) is 3.44. The van der Waals surface area contributed by atoms with Gasteiger partial charge in [0.1, 0.15) is 17.8 Å². The Hall–Kier alpha value is -1.98. The van der Waals surface area contributed by atoms with Crippen molar-refractivity contribution in [2.75, 3.05) is 20.2 Å². The summed E-state index contributed by atoms with van der Waals surface area (Å²) in [6.45, 7) is 3.50. The Morgan fingerprint density at radius 2 is 2.09 bits per heavy atom. The first-order valence-electron chi connectivity index (χ1n) is 7.33. The second-order valence-electron chi connectivity index (χ2n) is 5.20. The van der Waals surface area contributed by atoms with Crippen molar-refractivity contribution in [2.24, 2.45) is 5.73 Å². The standard InChI is InChI=1S/C17H22N2O3.ClH/c1-13-6-3-4-7-16(13)21-9-5-8-19(2)17(20)14-10-15(11-18)22-12-14;/h3-4,6-7,10,12H,5,8-9,11,18H2,1-2H3;1H. The number of para-hydroxylation sites is 1. The molecule has 0 spiro atoms. The number of furan rings is 1. The maximum atomic E-state index is 12.2. The average molecular weight is 339 g/mol. The predicted molar refractivity (Wildman–Crippen MR) is 92.1 cm³/mol. The van der Waals surface area contributed by atoms with E-state index in [1.54, 1.807) is 18.0 Å². The van der Waals surface area contributed by atoms with Crippen LogP contribution in [0.25, 0.3) is 0 Å². The van der Waals surface area contributed by atoms with Gasteiger partial charge in [-0.1, -0.05) is 18.2 Å². The minimum Gasteiger partial charge on any atom is -0.493 e. The summed E-state index contributed by atoms with van der Waals surface area (Å²) in [6.07, 6.45) is 2.21. The first-order chi connectivity index (χ1) is 10.6. The van der Waals surface area contributed by atoms with E-state index in [2.05, 4.69) is 0 Å². The third-order valence-electron chi connectivity index (χ3n) is 3.44. The van der Waals surface area contributed by atoms with E-state index >= 15 is 0 Å². The van der Waals surface area contributed by atoms with E-state index in [1.165, 1.54) is 6.26 Å². The fourth-order valence-corrected chi connectivity index (χ4v) is 2.12. The van der Waals surface area contributed by atoms with Crippen molar-refractivity contribution < 1.29 is 13.9 Å². The van der Waals surface area contributed by atoms with Crippen molar-refractivity contribution in [3.05, 3.63) is 53.5 Å². The van der Waals surface area contributed by atoms with E-state index in [0.29, 0.717) is 31.0 Å². The van der Waals surface area contributed by atoms with Crippen LogP contribution in [0.3, 0.4) is 0 Å². The molecule has 23 heavy (non-hydrogen) atoms. The number of carbonyl (C=O) groups is 1. The first kappa shape index (κ1) is 19.1. The summed E-state index contributed by atoms with van der Waals surface area (Å²) in [7, 11) is 1.77. The normalized spacial score (nSPS) is 10.0. The minimum atomic E-state index is -0.0701. The molecule has 126 valence electrons. The monoisotopic (exact) mass is 338 g/mol. The zero-order valence-electron chi connectivity index (χ0n) is 13.5. The Labute approximate surface area is 142 Å². The summed E-state index contributed by atoms with van der Waals surface area (Å²) < 4.78 is 10.9. The Morgan fingerprint density at radius 3 is 2.74 bits per heavy atom. The van der Waals surface area contributed by atoms with Crippen LogP contribution in [0.15, 0.2) is 41.0 Å². The smallest absolute Gasteiger partial charge is 0.256 e. The molecular formula is C17H23ClN2O3. The number of amides is 1. The lowest BCUT2D eigenvalue weighted by molar-refractivity contribution is 0.0787. The SMILES string of the molecule is Cc1ccccc1OCCCN(C)C(=O)c1coc(CN)c1.Cl. The zero-order valence-corrected chi connectivity index (χ0v) is 14.3. The summed E-state index contributed by atoms with van der Waals surface area (Å²) >= 11 is 0. The van der Waals surface area contributed by atoms with Gasteiger partial charge in [0.2, 0.25) is 0 Å². The molecule has 0 atom stereocenters. The second kappa shape index (κ2) is 9.22. The molecule has 0 aliphatic carbocycles. The Kier molecular flexibility index (Phi) is 7.65. The van der Waals surface area contributed by atoms with Crippen LogP contribution in [0, 0.1) is 6.92 Å². The average Bonchev–Trinajstić information content (AvgIpc) is 3.01. The quantitative estimate of drug-likeness (QED) is 0.788. The Morgan fingerprint density at radius 1 is 1.35 bits per heavy atom. The highest BCUT2D eigenvalue weighted by Gasteiger charge is 2.14. The number of rotatable bonds is 7. The summed E-state index contributed by atoms with van der Waals surface area (Å²) in [6, 6.07) is 9.58. The molecule has 1 heterocycles. The highest BCUT2D eigenvalue weighted by molar-refractivity contribution is 5.93. The van der Waals surface area contributed by atoms with E-state index in [4.69, 9.17) is 14.9 Å². The summed E-state index contributed by atoms with van der Waals surface area (Å²) in [4.78, 5) is 13.8. The molecule has 0 aliphatic heterocycles. The lowest BCUT2D eigenvalue weighted by atomic mass is 10.2. The van der Waals surface area contributed by atoms with E-state index in [9.17, 15) is 4.79 Å². The van der Waals surface area contributed by atoms with E-state index in [-0.39, 0.29) is 18.3 Å². The van der Waals surface area contributed by atoms with Crippen molar-refractivity contribution in [3.8, 4) is 5.75 Å². The maximum absolute atomic E-state index is 12.2. The molecule has 0 bridgehead atoms. The van der Waals surface area contributed by atoms with E-state index < -0.39 is 0 Å². The van der Waals surface area contributed by atoms with Gasteiger partial charge in [-0.3, -0.25) is 4.79 Å². The summed E-state index contributed by atoms with van der Waals surface area (Å²) in [5, 5.41) is 0. The summed E-state index contributed by atoms with van der Waals surface area (Å²) in [5.41, 5.74) is 7.11. The molecule has 0 unspecified atom stereocenters. The van der Waals surface area contributed by atoms with Gasteiger partial charge in [-0.15, -0.1) is 12.4 Å². The fourth-order valence-electron chi connectivity index (χ4n) is 2.12. The molecule has 0 saturated heterocycles. The van der Waals surface area contributed by atoms with Crippen molar-refractivity contribution in [3.63, 3.8) is 0 Å². The maximum Gasteiger partial charge on any atom is 0.256 e. The van der Waals surface area contributed by atoms with Crippen molar-refractivity contribution in [1.82, 2.24) is 4.90 Å². The number of hydrogen-bond donors (Lipinski definition) is 1. The molecule has 2 rings (SSSR count). The van der Waals surface area contributed by atoms with Gasteiger partial charge in [0.25, 0.3) is 5.91 Å². The van der Waals surface area contributed by atoms with Crippen molar-refractivity contribution in [1.29, 1.82) is 0 Å². The van der Waals surface area contributed by atoms with Gasteiger partial charge in [0, 0.05) is 13.6 Å². The Balaban J connectivity index is 0.00000264. The molecule has 6 heteroatoms. The number of ether oxygens (including phenoxy) is 1. The van der Waals surface area contributed by atoms with Gasteiger partial charge >= 0.3 is 0 Å². The number of halogens is 1. The van der Waals surface area contributed by atoms with E-state index in [0.717, 1.165) is 17.7 Å². The van der Waals surface area contributed by atoms with Crippen LogP contribution in [0.5, 0.6) is 5.75 Å². The summed E-state index contributed by atoms with van der Waals surface area (Å²) in [5.74, 6) is 1.43. The van der Waals surface area contributed by atoms with Gasteiger partial charge in [0.05, 0.1) is 18.7 Å². The number of carbonyl (C=O) groups excluding carboxylic acids is 1. The first-order valence-corrected chi connectivity index (χ1v) is 7.33. The van der Waals surface area contributed by atoms with Crippen LogP contribution in [0.4, 0.5) is 0 Å². The third kappa shape index (κ3) is 5.30. The molecule has 2 N–H and O–H groups in total. The van der Waals surface area contributed by atoms with Gasteiger partial charge in [-0.05, 0) is 31.0 Å². The number of nitrogens with zero attached hydrogens (tertiary/aromatic N) is 1. The van der Waals surface area contributed by atoms with Crippen LogP contribution in [0.1, 0.15) is 28.1 Å². The van der Waals surface area contributed by atoms with Gasteiger partial charge in [-0.2, -0.15) is 0 Å². The number of hydrogen-bond acceptors (Lipinski definition) is 4. The number of aryl methyl sites for hydroxylation is 1. The zero-order chi connectivity index (χ0) is 15.9. The largest absolute Gasteiger partial charge is 0.493 e. The molecule has 1 aromatic heterocycles. The molecule has 0 radical (unpaired) electrons. The van der Waals surface area contributed by atoms with Crippen LogP contribution in [-0.4, -0.2) is 31.0 Å². The second-order valence-corrected chi connectivity index (χ2v) is 5.20. The fraction of sp³-hybridized carbons (Fsp3) is 0.353. The predicted octanol–water partition coefficient (Wildman–Crippen LogP) is 3.01. The van der Waals surface area contributed by atoms with Crippen molar-refractivity contribution in [2.45, 2.75) is 19.9 Å². The Bertz CT molecular complexity index is 628. The van der Waals surface area contributed by atoms with Gasteiger partial charge in [-0.25, -0.2) is 0 Å². The minimum absolute atomic E-state index is 0. The van der Waals surface area contributed by atoms with Crippen LogP contribution in [-0.2, 0) is 6.54 Å². The molecule has 1 aromatic carbocycles. The van der Waals surface area contributed by atoms with Gasteiger partial charge < -0.3 is 19.8 Å². The molecular weight excluding hydrogens is 316 g/mol. The van der Waals surface area contributed by atoms with Crippen molar-refractivity contribution >= 4 is 18.3 Å². The number of benzene rings is 1. The highest BCUT2D eigenvalue weighted by Crippen LogP contribution is 2.16. The molecule has 5 nitrogen and oxygen atoms in total. The lowest BCUT2D eigenvalue weighted by Gasteiger charge is -2.16. The lowest BCUT2D eigenvalue weighted by Crippen LogP contribution is -2.28. The topological polar surface area (TPSA) is 68.7 Å². The van der Waals surface area contributed by atoms with Crippen LogP contribution >= 0.6 is 12.4 Å². The molecule has 0 aliphatic rings. The molecule has 2 aromatic rings. The van der Waals surface area contributed by atoms with Gasteiger partial charge in [0.15, 0.2) is 0 Å². The van der Waals surface area contributed by atoms with Crippen LogP contribution in [0.2, 0.25) is 0 Å².